The maximum atomic E-state index is 12.3. The summed E-state index contributed by atoms with van der Waals surface area (Å²) in [5.41, 5.74) is 0.987. The summed E-state index contributed by atoms with van der Waals surface area (Å²) < 4.78 is 2.50. The van der Waals surface area contributed by atoms with Crippen molar-refractivity contribution in [2.75, 3.05) is 6.54 Å². The van der Waals surface area contributed by atoms with Crippen LogP contribution in [0.25, 0.3) is 22.0 Å². The summed E-state index contributed by atoms with van der Waals surface area (Å²) in [6, 6.07) is 19.9. The van der Waals surface area contributed by atoms with Crippen LogP contribution in [0.1, 0.15) is 6.42 Å². The molecule has 8 heteroatoms. The zero-order chi connectivity index (χ0) is 21.6. The lowest BCUT2D eigenvalue weighted by molar-refractivity contribution is -0.121. The molecule has 31 heavy (non-hydrogen) atoms. The van der Waals surface area contributed by atoms with E-state index >= 15 is 0 Å². The number of carbonyl (C=O) groups excluding carboxylic acids is 1. The van der Waals surface area contributed by atoms with E-state index in [-0.39, 0.29) is 23.6 Å². The molecule has 4 rings (SSSR count). The first-order chi connectivity index (χ1) is 15.1. The van der Waals surface area contributed by atoms with Gasteiger partial charge in [0.25, 0.3) is 11.1 Å². The fraction of sp³-hybridized carbons (Fsp3) is 0.174. The monoisotopic (exact) mass is 415 g/mol. The van der Waals surface area contributed by atoms with E-state index in [2.05, 4.69) is 15.5 Å². The molecule has 0 atom stereocenters. The van der Waals surface area contributed by atoms with Crippen LogP contribution in [0.5, 0.6) is 0 Å². The Balaban J connectivity index is 1.43. The van der Waals surface area contributed by atoms with Gasteiger partial charge in [0, 0.05) is 37.0 Å². The Hall–Kier alpha value is -4.07. The Kier molecular flexibility index (Phi) is 5.98. The summed E-state index contributed by atoms with van der Waals surface area (Å²) in [6.45, 7) is 0.579. The van der Waals surface area contributed by atoms with E-state index in [1.54, 1.807) is 18.3 Å². The minimum absolute atomic E-state index is 0.180. The van der Waals surface area contributed by atoms with Crippen LogP contribution in [0, 0.1) is 0 Å². The number of amides is 1. The molecule has 0 aliphatic heterocycles. The molecule has 2 aromatic heterocycles. The van der Waals surface area contributed by atoms with Gasteiger partial charge in [-0.2, -0.15) is 10.2 Å². The average molecular weight is 415 g/mol. The summed E-state index contributed by atoms with van der Waals surface area (Å²) in [4.78, 5) is 36.2. The molecule has 0 aliphatic carbocycles. The van der Waals surface area contributed by atoms with Gasteiger partial charge in [0.2, 0.25) is 5.91 Å². The predicted molar refractivity (Wildman–Crippen MR) is 118 cm³/mol. The number of hydrogen-bond acceptors (Lipinski definition) is 5. The first-order valence-corrected chi connectivity index (χ1v) is 9.97. The van der Waals surface area contributed by atoms with Gasteiger partial charge in [-0.1, -0.05) is 42.5 Å². The van der Waals surface area contributed by atoms with Gasteiger partial charge in [-0.05, 0) is 29.3 Å². The van der Waals surface area contributed by atoms with E-state index < -0.39 is 0 Å². The number of aromatic nitrogens is 4. The van der Waals surface area contributed by atoms with Gasteiger partial charge in [-0.15, -0.1) is 0 Å². The van der Waals surface area contributed by atoms with Crippen molar-refractivity contribution in [3.8, 4) is 11.3 Å². The van der Waals surface area contributed by atoms with Crippen LogP contribution in [0.4, 0.5) is 0 Å². The predicted octanol–water partition coefficient (Wildman–Crippen LogP) is 1.83. The highest BCUT2D eigenvalue weighted by atomic mass is 16.2. The van der Waals surface area contributed by atoms with Gasteiger partial charge in [0.05, 0.1) is 5.69 Å². The zero-order valence-corrected chi connectivity index (χ0v) is 16.8. The quantitative estimate of drug-likeness (QED) is 0.464. The van der Waals surface area contributed by atoms with Crippen molar-refractivity contribution >= 4 is 16.7 Å². The molecule has 0 radical (unpaired) electrons. The molecule has 0 spiro atoms. The molecule has 2 heterocycles. The molecule has 2 aromatic carbocycles. The van der Waals surface area contributed by atoms with E-state index in [9.17, 15) is 14.4 Å². The normalized spacial score (nSPS) is 10.8. The summed E-state index contributed by atoms with van der Waals surface area (Å²) >= 11 is 0. The van der Waals surface area contributed by atoms with Gasteiger partial charge in [-0.25, -0.2) is 9.36 Å². The Morgan fingerprint density at radius 2 is 1.68 bits per heavy atom. The highest BCUT2D eigenvalue weighted by Crippen LogP contribution is 2.26. The van der Waals surface area contributed by atoms with Gasteiger partial charge in [0.1, 0.15) is 6.54 Å². The molecule has 156 valence electrons. The standard InChI is InChI=1S/C23H21N5O3/c29-21(24-13-5-15-27-22(30)10-4-14-25-27)16-28-23(31)12-11-20(26-28)19-9-3-7-17-6-1-2-8-18(17)19/h1-4,6-12,14H,5,13,15-16H2,(H,24,29). The minimum atomic E-state index is -0.348. The number of fused-ring (bicyclic) bond motifs is 1. The van der Waals surface area contributed by atoms with Crippen molar-refractivity contribution < 1.29 is 4.79 Å². The zero-order valence-electron chi connectivity index (χ0n) is 16.8. The smallest absolute Gasteiger partial charge is 0.267 e. The second-order valence-corrected chi connectivity index (χ2v) is 7.03. The molecule has 0 saturated heterocycles. The van der Waals surface area contributed by atoms with Gasteiger partial charge >= 0.3 is 0 Å². The topological polar surface area (TPSA) is 98.9 Å². The van der Waals surface area contributed by atoms with Gasteiger partial charge in [-0.3, -0.25) is 14.4 Å². The lowest BCUT2D eigenvalue weighted by atomic mass is 10.0. The Morgan fingerprint density at radius 3 is 2.55 bits per heavy atom. The van der Waals surface area contributed by atoms with Crippen LogP contribution < -0.4 is 16.4 Å². The van der Waals surface area contributed by atoms with Crippen LogP contribution in [-0.2, 0) is 17.9 Å². The first-order valence-electron chi connectivity index (χ1n) is 9.97. The number of carbonyl (C=O) groups is 1. The molecule has 1 amide bonds. The van der Waals surface area contributed by atoms with E-state index in [0.717, 1.165) is 21.0 Å². The number of rotatable bonds is 7. The molecular formula is C23H21N5O3. The maximum absolute atomic E-state index is 12.3. The fourth-order valence-electron chi connectivity index (χ4n) is 3.36. The molecule has 0 aliphatic rings. The van der Waals surface area contributed by atoms with Crippen molar-refractivity contribution in [1.29, 1.82) is 0 Å². The third-order valence-corrected chi connectivity index (χ3v) is 4.88. The summed E-state index contributed by atoms with van der Waals surface area (Å²) in [5.74, 6) is -0.321. The van der Waals surface area contributed by atoms with Crippen molar-refractivity contribution in [3.63, 3.8) is 0 Å². The fourth-order valence-corrected chi connectivity index (χ4v) is 3.36. The number of nitrogens with zero attached hydrogens (tertiary/aromatic N) is 4. The van der Waals surface area contributed by atoms with Crippen molar-refractivity contribution in [1.82, 2.24) is 24.9 Å². The Bertz CT molecular complexity index is 1340. The van der Waals surface area contributed by atoms with Crippen LogP contribution >= 0.6 is 0 Å². The molecule has 0 fully saturated rings. The second kappa shape index (κ2) is 9.17. The molecular weight excluding hydrogens is 394 g/mol. The summed E-state index contributed by atoms with van der Waals surface area (Å²) in [6.07, 6.45) is 2.09. The lowest BCUT2D eigenvalue weighted by Gasteiger charge is -2.10. The van der Waals surface area contributed by atoms with Crippen LogP contribution in [0.3, 0.4) is 0 Å². The summed E-state index contributed by atoms with van der Waals surface area (Å²) in [5, 5.41) is 13.2. The first kappa shape index (κ1) is 20.2. The maximum Gasteiger partial charge on any atom is 0.267 e. The highest BCUT2D eigenvalue weighted by Gasteiger charge is 2.10. The average Bonchev–Trinajstić information content (AvgIpc) is 2.79. The Labute approximate surface area is 177 Å². The number of aryl methyl sites for hydroxylation is 1. The van der Waals surface area contributed by atoms with Crippen LogP contribution in [-0.4, -0.2) is 32.0 Å². The molecule has 4 aromatic rings. The van der Waals surface area contributed by atoms with E-state index in [4.69, 9.17) is 0 Å². The highest BCUT2D eigenvalue weighted by molar-refractivity contribution is 5.95. The Morgan fingerprint density at radius 1 is 0.871 bits per heavy atom. The summed E-state index contributed by atoms with van der Waals surface area (Å²) in [7, 11) is 0. The molecule has 1 N–H and O–H groups in total. The van der Waals surface area contributed by atoms with E-state index in [1.165, 1.54) is 16.8 Å². The van der Waals surface area contributed by atoms with Gasteiger partial charge < -0.3 is 5.32 Å². The number of nitrogens with one attached hydrogen (secondary N) is 1. The van der Waals surface area contributed by atoms with E-state index in [0.29, 0.717) is 25.2 Å². The minimum Gasteiger partial charge on any atom is -0.354 e. The third-order valence-electron chi connectivity index (χ3n) is 4.88. The SMILES string of the molecule is O=C(Cn1nc(-c2cccc3ccccc23)ccc1=O)NCCCn1ncccc1=O. The number of hydrogen-bond donors (Lipinski definition) is 1. The second-order valence-electron chi connectivity index (χ2n) is 7.03. The third kappa shape index (κ3) is 4.75. The largest absolute Gasteiger partial charge is 0.354 e. The van der Waals surface area contributed by atoms with Crippen molar-refractivity contribution in [2.24, 2.45) is 0 Å². The van der Waals surface area contributed by atoms with Gasteiger partial charge in [0.15, 0.2) is 0 Å². The molecule has 8 nitrogen and oxygen atoms in total. The van der Waals surface area contributed by atoms with Crippen molar-refractivity contribution in [2.45, 2.75) is 19.5 Å². The lowest BCUT2D eigenvalue weighted by Crippen LogP contribution is -2.34. The van der Waals surface area contributed by atoms with Crippen LogP contribution in [0.15, 0.2) is 82.5 Å². The van der Waals surface area contributed by atoms with E-state index in [1.807, 2.05) is 42.5 Å². The molecule has 0 saturated carbocycles. The number of benzene rings is 2. The molecule has 0 unspecified atom stereocenters. The van der Waals surface area contributed by atoms with Crippen LogP contribution in [0.2, 0.25) is 0 Å². The van der Waals surface area contributed by atoms with Crippen molar-refractivity contribution in [3.05, 3.63) is 93.6 Å². The molecule has 0 bridgehead atoms.